The van der Waals surface area contributed by atoms with E-state index in [-0.39, 0.29) is 10.8 Å². The van der Waals surface area contributed by atoms with Crippen LogP contribution >= 0.6 is 12.2 Å². The first-order chi connectivity index (χ1) is 9.02. The Kier molecular flexibility index (Phi) is 3.39. The van der Waals surface area contributed by atoms with Crippen molar-refractivity contribution in [1.29, 1.82) is 5.26 Å². The van der Waals surface area contributed by atoms with Gasteiger partial charge in [-0.3, -0.25) is 14.9 Å². The van der Waals surface area contributed by atoms with Gasteiger partial charge in [-0.1, -0.05) is 12.1 Å². The molecule has 1 fully saturated rings. The number of hydrogen-bond donors (Lipinski definition) is 2. The first kappa shape index (κ1) is 12.9. The number of nitrogens with zero attached hydrogens (tertiary/aromatic N) is 2. The van der Waals surface area contributed by atoms with Gasteiger partial charge in [0.1, 0.15) is 5.92 Å². The molecule has 1 aromatic carbocycles. The van der Waals surface area contributed by atoms with Crippen molar-refractivity contribution < 1.29 is 9.72 Å². The third kappa shape index (κ3) is 2.51. The second kappa shape index (κ2) is 4.99. The molecule has 2 atom stereocenters. The summed E-state index contributed by atoms with van der Waals surface area (Å²) in [5.74, 6) is -1.41. The molecule has 19 heavy (non-hydrogen) atoms. The van der Waals surface area contributed by atoms with E-state index < -0.39 is 22.8 Å². The molecule has 0 saturated carbocycles. The molecule has 8 heteroatoms. The standard InChI is InChI=1S/C11H8N4O3S/c12-5-8-9(13-11(19)14-10(8)16)6-1-3-7(4-2-6)15(17)18/h1-4,8-9H,(H2,13,14,16,19). The number of non-ortho nitro benzene ring substituents is 1. The number of rotatable bonds is 2. The van der Waals surface area contributed by atoms with Crippen LogP contribution in [-0.4, -0.2) is 15.9 Å². The molecule has 1 aliphatic rings. The van der Waals surface area contributed by atoms with Gasteiger partial charge in [0.2, 0.25) is 5.91 Å². The minimum atomic E-state index is -0.937. The van der Waals surface area contributed by atoms with Gasteiger partial charge in [0.15, 0.2) is 5.11 Å². The van der Waals surface area contributed by atoms with Crippen molar-refractivity contribution in [3.63, 3.8) is 0 Å². The van der Waals surface area contributed by atoms with Crippen LogP contribution in [0.4, 0.5) is 5.69 Å². The van der Waals surface area contributed by atoms with Crippen molar-refractivity contribution in [3.8, 4) is 6.07 Å². The highest BCUT2D eigenvalue weighted by molar-refractivity contribution is 7.80. The van der Waals surface area contributed by atoms with E-state index in [1.807, 2.05) is 6.07 Å². The number of carbonyl (C=O) groups excluding carboxylic acids is 1. The summed E-state index contributed by atoms with van der Waals surface area (Å²) < 4.78 is 0. The molecule has 1 amide bonds. The zero-order valence-corrected chi connectivity index (χ0v) is 10.3. The SMILES string of the molecule is N#CC1C(=O)NC(=S)NC1c1ccc([N+](=O)[O-])cc1. The summed E-state index contributed by atoms with van der Waals surface area (Å²) in [6, 6.07) is 6.93. The largest absolute Gasteiger partial charge is 0.354 e. The maximum absolute atomic E-state index is 11.6. The topological polar surface area (TPSA) is 108 Å². The molecule has 1 heterocycles. The number of nitriles is 1. The molecule has 0 aromatic heterocycles. The number of thiocarbonyl (C=S) groups is 1. The summed E-state index contributed by atoms with van der Waals surface area (Å²) >= 11 is 4.87. The van der Waals surface area contributed by atoms with E-state index in [0.29, 0.717) is 5.56 Å². The highest BCUT2D eigenvalue weighted by Crippen LogP contribution is 2.26. The van der Waals surface area contributed by atoms with Gasteiger partial charge in [0, 0.05) is 12.1 Å². The molecule has 0 bridgehead atoms. The van der Waals surface area contributed by atoms with E-state index in [9.17, 15) is 14.9 Å². The molecular formula is C11H8N4O3S. The number of carbonyl (C=O) groups is 1. The fourth-order valence-electron chi connectivity index (χ4n) is 1.81. The number of nitro groups is 1. The van der Waals surface area contributed by atoms with Gasteiger partial charge in [0.25, 0.3) is 5.69 Å². The number of nitrogens with one attached hydrogen (secondary N) is 2. The molecule has 7 nitrogen and oxygen atoms in total. The molecule has 1 saturated heterocycles. The van der Waals surface area contributed by atoms with Gasteiger partial charge < -0.3 is 10.6 Å². The Hall–Kier alpha value is -2.53. The average molecular weight is 276 g/mol. The summed E-state index contributed by atoms with van der Waals surface area (Å²) in [5, 5.41) is 24.9. The number of benzene rings is 1. The van der Waals surface area contributed by atoms with E-state index in [2.05, 4.69) is 10.6 Å². The van der Waals surface area contributed by atoms with Crippen LogP contribution in [0.3, 0.4) is 0 Å². The second-order valence-corrected chi connectivity index (χ2v) is 4.30. The van der Waals surface area contributed by atoms with Crippen molar-refractivity contribution in [2.45, 2.75) is 6.04 Å². The Balaban J connectivity index is 2.33. The highest BCUT2D eigenvalue weighted by atomic mass is 32.1. The van der Waals surface area contributed by atoms with Gasteiger partial charge in [-0.2, -0.15) is 5.26 Å². The lowest BCUT2D eigenvalue weighted by Gasteiger charge is -2.29. The van der Waals surface area contributed by atoms with Gasteiger partial charge in [0.05, 0.1) is 17.0 Å². The minimum Gasteiger partial charge on any atom is -0.354 e. The lowest BCUT2D eigenvalue weighted by Crippen LogP contribution is -2.53. The van der Waals surface area contributed by atoms with Crippen LogP contribution in [0.2, 0.25) is 0 Å². The van der Waals surface area contributed by atoms with Crippen LogP contribution in [0, 0.1) is 27.4 Å². The smallest absolute Gasteiger partial charge is 0.269 e. The third-order valence-corrected chi connectivity index (χ3v) is 2.96. The molecule has 2 N–H and O–H groups in total. The van der Waals surface area contributed by atoms with Gasteiger partial charge in [-0.15, -0.1) is 0 Å². The summed E-state index contributed by atoms with van der Waals surface area (Å²) in [6.45, 7) is 0. The van der Waals surface area contributed by atoms with Crippen molar-refractivity contribution >= 4 is 28.9 Å². The molecule has 1 aliphatic heterocycles. The summed E-state index contributed by atoms with van der Waals surface area (Å²) in [7, 11) is 0. The Bertz CT molecular complexity index is 593. The van der Waals surface area contributed by atoms with Crippen LogP contribution in [0.5, 0.6) is 0 Å². The van der Waals surface area contributed by atoms with E-state index in [1.54, 1.807) is 0 Å². The monoisotopic (exact) mass is 276 g/mol. The predicted octanol–water partition coefficient (Wildman–Crippen LogP) is 0.780. The number of hydrogen-bond acceptors (Lipinski definition) is 5. The summed E-state index contributed by atoms with van der Waals surface area (Å²) in [6.07, 6.45) is 0. The Morgan fingerprint density at radius 2 is 2.00 bits per heavy atom. The van der Waals surface area contributed by atoms with Crippen molar-refractivity contribution in [2.75, 3.05) is 0 Å². The highest BCUT2D eigenvalue weighted by Gasteiger charge is 2.35. The van der Waals surface area contributed by atoms with E-state index >= 15 is 0 Å². The normalized spacial score (nSPS) is 22.1. The lowest BCUT2D eigenvalue weighted by molar-refractivity contribution is -0.384. The van der Waals surface area contributed by atoms with E-state index in [0.717, 1.165) is 0 Å². The molecule has 1 aromatic rings. The Morgan fingerprint density at radius 3 is 2.53 bits per heavy atom. The van der Waals surface area contributed by atoms with Crippen molar-refractivity contribution in [2.24, 2.45) is 5.92 Å². The lowest BCUT2D eigenvalue weighted by atomic mass is 9.92. The molecule has 0 spiro atoms. The van der Waals surface area contributed by atoms with Gasteiger partial charge in [-0.05, 0) is 17.8 Å². The van der Waals surface area contributed by atoms with Crippen LogP contribution < -0.4 is 10.6 Å². The van der Waals surface area contributed by atoms with Gasteiger partial charge >= 0.3 is 0 Å². The minimum absolute atomic E-state index is 0.0555. The quantitative estimate of drug-likeness (QED) is 0.469. The van der Waals surface area contributed by atoms with E-state index in [1.165, 1.54) is 24.3 Å². The molecule has 0 radical (unpaired) electrons. The zero-order valence-electron chi connectivity index (χ0n) is 9.49. The molecule has 0 aliphatic carbocycles. The molecule has 2 unspecified atom stereocenters. The summed E-state index contributed by atoms with van der Waals surface area (Å²) in [4.78, 5) is 21.7. The van der Waals surface area contributed by atoms with E-state index in [4.69, 9.17) is 17.5 Å². The fourth-order valence-corrected chi connectivity index (χ4v) is 2.04. The Morgan fingerprint density at radius 1 is 1.37 bits per heavy atom. The zero-order chi connectivity index (χ0) is 14.0. The fraction of sp³-hybridized carbons (Fsp3) is 0.182. The van der Waals surface area contributed by atoms with Crippen molar-refractivity contribution in [3.05, 3.63) is 39.9 Å². The maximum Gasteiger partial charge on any atom is 0.269 e. The van der Waals surface area contributed by atoms with Crippen LogP contribution in [0.1, 0.15) is 11.6 Å². The van der Waals surface area contributed by atoms with Crippen molar-refractivity contribution in [1.82, 2.24) is 10.6 Å². The first-order valence-corrected chi connectivity index (χ1v) is 5.69. The summed E-state index contributed by atoms with van der Waals surface area (Å²) in [5.41, 5.74) is 0.537. The molecule has 96 valence electrons. The number of nitro benzene ring substituents is 1. The van der Waals surface area contributed by atoms with Crippen LogP contribution in [0.25, 0.3) is 0 Å². The Labute approximate surface area is 113 Å². The molecular weight excluding hydrogens is 268 g/mol. The maximum atomic E-state index is 11.6. The second-order valence-electron chi connectivity index (χ2n) is 3.90. The molecule has 2 rings (SSSR count). The predicted molar refractivity (Wildman–Crippen MR) is 68.8 cm³/mol. The third-order valence-electron chi connectivity index (χ3n) is 2.74. The van der Waals surface area contributed by atoms with Crippen LogP contribution in [-0.2, 0) is 4.79 Å². The van der Waals surface area contributed by atoms with Crippen LogP contribution in [0.15, 0.2) is 24.3 Å². The number of amides is 1. The average Bonchev–Trinajstić information content (AvgIpc) is 2.38. The first-order valence-electron chi connectivity index (χ1n) is 5.28. The van der Waals surface area contributed by atoms with Gasteiger partial charge in [-0.25, -0.2) is 0 Å².